The van der Waals surface area contributed by atoms with Gasteiger partial charge in [-0.25, -0.2) is 0 Å². The summed E-state index contributed by atoms with van der Waals surface area (Å²) in [5.41, 5.74) is 0.970. The molecule has 0 saturated carbocycles. The molecule has 0 fully saturated rings. The fourth-order valence-electron chi connectivity index (χ4n) is 1.50. The average Bonchev–Trinajstić information content (AvgIpc) is 2.09. The maximum absolute atomic E-state index is 11.5. The zero-order chi connectivity index (χ0) is 17.7. The minimum absolute atomic E-state index is 0. The summed E-state index contributed by atoms with van der Waals surface area (Å²) in [6.07, 6.45) is 3.34. The van der Waals surface area contributed by atoms with Gasteiger partial charge >= 0.3 is 0 Å². The van der Waals surface area contributed by atoms with Crippen molar-refractivity contribution in [3.8, 4) is 0 Å². The van der Waals surface area contributed by atoms with Crippen molar-refractivity contribution in [1.82, 2.24) is 0 Å². The third-order valence-electron chi connectivity index (χ3n) is 3.15. The molecule has 0 unspecified atom stereocenters. The molecule has 0 rings (SSSR count). The van der Waals surface area contributed by atoms with Crippen LogP contribution in [0.5, 0.6) is 0 Å². The van der Waals surface area contributed by atoms with Crippen LogP contribution in [-0.2, 0) is 4.79 Å². The smallest absolute Gasteiger partial charge is 0.138 e. The molecule has 0 aromatic heterocycles. The first-order chi connectivity index (χ1) is 8.83. The van der Waals surface area contributed by atoms with Crippen molar-refractivity contribution in [2.75, 3.05) is 0 Å². The molecule has 0 N–H and O–H groups in total. The van der Waals surface area contributed by atoms with Crippen molar-refractivity contribution >= 4 is 5.78 Å². The monoisotopic (exact) mass is 395 g/mol. The van der Waals surface area contributed by atoms with Crippen LogP contribution in [0.4, 0.5) is 0 Å². The SMILES string of the molecule is C.C.C.C.C.C.CC(C)(C)CC(=O)C(C)(C)C.CC(C)(C)CCC(C)(C)C. The van der Waals surface area contributed by atoms with Crippen LogP contribution in [-0.4, -0.2) is 5.78 Å². The lowest BCUT2D eigenvalue weighted by molar-refractivity contribution is -0.128. The molecule has 0 aromatic rings. The molecule has 0 spiro atoms. The second-order valence-corrected chi connectivity index (χ2v) is 11.0. The summed E-state index contributed by atoms with van der Waals surface area (Å²) in [7, 11) is 0. The largest absolute Gasteiger partial charge is 0.299 e. The van der Waals surface area contributed by atoms with Gasteiger partial charge in [0.1, 0.15) is 5.78 Å². The van der Waals surface area contributed by atoms with Gasteiger partial charge in [-0.05, 0) is 29.1 Å². The Kier molecular flexibility index (Phi) is 33.1. The van der Waals surface area contributed by atoms with Gasteiger partial charge in [-0.3, -0.25) is 4.79 Å². The molecule has 0 aliphatic heterocycles. The average molecular weight is 395 g/mol. The number of rotatable bonds is 2. The number of carbonyl (C=O) groups is 1. The van der Waals surface area contributed by atoms with E-state index in [1.165, 1.54) is 12.8 Å². The fraction of sp³-hybridized carbons (Fsp3) is 0.962. The van der Waals surface area contributed by atoms with E-state index in [1.54, 1.807) is 0 Å². The molecule has 0 saturated heterocycles. The Labute approximate surface area is 179 Å². The van der Waals surface area contributed by atoms with Gasteiger partial charge in [0, 0.05) is 11.8 Å². The van der Waals surface area contributed by atoms with Crippen molar-refractivity contribution < 1.29 is 4.79 Å². The molecule has 1 nitrogen and oxygen atoms in total. The summed E-state index contributed by atoms with van der Waals surface area (Å²) in [6.45, 7) is 26.0. The van der Waals surface area contributed by atoms with Crippen LogP contribution < -0.4 is 0 Å². The van der Waals surface area contributed by atoms with E-state index in [2.05, 4.69) is 62.3 Å². The lowest BCUT2D eigenvalue weighted by Gasteiger charge is -2.24. The van der Waals surface area contributed by atoms with Crippen LogP contribution >= 0.6 is 0 Å². The highest BCUT2D eigenvalue weighted by atomic mass is 16.1. The van der Waals surface area contributed by atoms with E-state index in [-0.39, 0.29) is 55.4 Å². The quantitative estimate of drug-likeness (QED) is 0.455. The Balaban J connectivity index is -0.0000000366. The van der Waals surface area contributed by atoms with Gasteiger partial charge in [-0.15, -0.1) is 0 Å². The van der Waals surface area contributed by atoms with Crippen molar-refractivity contribution in [2.24, 2.45) is 21.7 Å². The van der Waals surface area contributed by atoms with Gasteiger partial charge in [0.05, 0.1) is 0 Å². The van der Waals surface area contributed by atoms with E-state index in [1.807, 2.05) is 20.8 Å². The normalized spacial score (nSPS) is 10.5. The topological polar surface area (TPSA) is 17.1 Å². The van der Waals surface area contributed by atoms with Gasteiger partial charge < -0.3 is 0 Å². The molecule has 1 heteroatoms. The third kappa shape index (κ3) is 46.1. The molecule has 0 atom stereocenters. The Bertz CT molecular complexity index is 283. The zero-order valence-electron chi connectivity index (χ0n) is 17.0. The molecule has 0 amide bonds. The molecule has 27 heavy (non-hydrogen) atoms. The van der Waals surface area contributed by atoms with Crippen LogP contribution in [0.1, 0.15) is 147 Å². The molecule has 0 aliphatic carbocycles. The second kappa shape index (κ2) is 17.7. The lowest BCUT2D eigenvalue weighted by atomic mass is 9.80. The summed E-state index contributed by atoms with van der Waals surface area (Å²) in [6, 6.07) is 0. The Morgan fingerprint density at radius 2 is 0.704 bits per heavy atom. The summed E-state index contributed by atoms with van der Waals surface area (Å²) in [4.78, 5) is 11.5. The molecule has 0 heterocycles. The number of carbonyl (C=O) groups excluding carboxylic acids is 1. The van der Waals surface area contributed by atoms with Crippen molar-refractivity contribution in [3.63, 3.8) is 0 Å². The zero-order valence-corrected chi connectivity index (χ0v) is 17.0. The molecule has 0 aliphatic rings. The summed E-state index contributed by atoms with van der Waals surface area (Å²) in [5, 5.41) is 0. The van der Waals surface area contributed by atoms with Crippen LogP contribution in [0, 0.1) is 21.7 Å². The van der Waals surface area contributed by atoms with Crippen LogP contribution in [0.15, 0.2) is 0 Å². The maximum atomic E-state index is 11.5. The summed E-state index contributed by atoms with van der Waals surface area (Å²) in [5.74, 6) is 0.352. The van der Waals surface area contributed by atoms with E-state index < -0.39 is 0 Å². The van der Waals surface area contributed by atoms with E-state index in [0.29, 0.717) is 23.0 Å². The minimum Gasteiger partial charge on any atom is -0.299 e. The van der Waals surface area contributed by atoms with Gasteiger partial charge in [0.25, 0.3) is 0 Å². The van der Waals surface area contributed by atoms with E-state index >= 15 is 0 Å². The first-order valence-corrected chi connectivity index (χ1v) is 8.37. The van der Waals surface area contributed by atoms with Crippen molar-refractivity contribution in [3.05, 3.63) is 0 Å². The fourth-order valence-corrected chi connectivity index (χ4v) is 1.50. The van der Waals surface area contributed by atoms with Crippen LogP contribution in [0.3, 0.4) is 0 Å². The number of hydrogen-bond donors (Lipinski definition) is 0. The highest BCUT2D eigenvalue weighted by molar-refractivity contribution is 5.84. The Morgan fingerprint density at radius 1 is 0.481 bits per heavy atom. The first-order valence-electron chi connectivity index (χ1n) is 8.37. The minimum atomic E-state index is -0.173. The molecule has 0 radical (unpaired) electrons. The van der Waals surface area contributed by atoms with Crippen molar-refractivity contribution in [1.29, 1.82) is 0 Å². The predicted molar refractivity (Wildman–Crippen MR) is 137 cm³/mol. The standard InChI is InChI=1S/C10H20O.C10H22.6CH4/c1-9(2,3)7-8(11)10(4,5)6;1-9(2,3)7-8-10(4,5)6;;;;;;/h7H2,1-6H3;7-8H2,1-6H3;6*1H4. The summed E-state index contributed by atoms with van der Waals surface area (Å²) >= 11 is 0. The maximum Gasteiger partial charge on any atom is 0.138 e. The van der Waals surface area contributed by atoms with Gasteiger partial charge in [-0.2, -0.15) is 0 Å². The highest BCUT2D eigenvalue weighted by Crippen LogP contribution is 2.29. The Hall–Kier alpha value is -0.330. The van der Waals surface area contributed by atoms with E-state index in [0.717, 1.165) is 0 Å². The lowest BCUT2D eigenvalue weighted by Crippen LogP contribution is -2.25. The molecular weight excluding hydrogens is 328 g/mol. The third-order valence-corrected chi connectivity index (χ3v) is 3.15. The van der Waals surface area contributed by atoms with Crippen molar-refractivity contribution in [2.45, 2.75) is 147 Å². The van der Waals surface area contributed by atoms with E-state index in [4.69, 9.17) is 0 Å². The van der Waals surface area contributed by atoms with Crippen LogP contribution in [0.2, 0.25) is 0 Å². The predicted octanol–water partition coefficient (Wildman–Crippen LogP) is 10.7. The number of hydrogen-bond acceptors (Lipinski definition) is 1. The van der Waals surface area contributed by atoms with Gasteiger partial charge in [0.15, 0.2) is 0 Å². The molecule has 176 valence electrons. The van der Waals surface area contributed by atoms with Gasteiger partial charge in [0.2, 0.25) is 0 Å². The van der Waals surface area contributed by atoms with Gasteiger partial charge in [-0.1, -0.05) is 128 Å². The summed E-state index contributed by atoms with van der Waals surface area (Å²) < 4.78 is 0. The van der Waals surface area contributed by atoms with E-state index in [9.17, 15) is 4.79 Å². The molecule has 0 aromatic carbocycles. The number of Topliss-reactive ketones (excluding diaryl/α,β-unsaturated/α-hetero) is 1. The highest BCUT2D eigenvalue weighted by Gasteiger charge is 2.25. The second-order valence-electron chi connectivity index (χ2n) is 11.0. The van der Waals surface area contributed by atoms with Crippen LogP contribution in [0.25, 0.3) is 0 Å². The number of ketones is 1. The molecule has 0 bridgehead atoms. The Morgan fingerprint density at radius 3 is 0.778 bits per heavy atom. The first kappa shape index (κ1) is 50.4. The molecular formula is C26H66O.